The van der Waals surface area contributed by atoms with Gasteiger partial charge in [0, 0.05) is 6.07 Å². The van der Waals surface area contributed by atoms with E-state index in [1.54, 1.807) is 11.3 Å². The molecule has 8 nitrogen and oxygen atoms in total. The third-order valence-electron chi connectivity index (χ3n) is 4.98. The topological polar surface area (TPSA) is 97.6 Å². The van der Waals surface area contributed by atoms with Crippen LogP contribution in [0, 0.1) is 10.1 Å². The fourth-order valence-corrected chi connectivity index (χ4v) is 4.74. The second-order valence-corrected chi connectivity index (χ2v) is 7.90. The normalized spacial score (nSPS) is 16.8. The molecule has 150 valence electrons. The summed E-state index contributed by atoms with van der Waals surface area (Å²) in [5.74, 6) is 0.0712. The van der Waals surface area contributed by atoms with Crippen molar-refractivity contribution in [3.05, 3.63) is 57.6 Å². The highest BCUT2D eigenvalue weighted by atomic mass is 32.1. The lowest BCUT2D eigenvalue weighted by Crippen LogP contribution is -2.33. The predicted octanol–water partition coefficient (Wildman–Crippen LogP) is 3.99. The number of aromatic nitrogens is 1. The Bertz CT molecular complexity index is 1030. The molecule has 1 aliphatic heterocycles. The number of nitro groups is 1. The van der Waals surface area contributed by atoms with Gasteiger partial charge in [0.15, 0.2) is 0 Å². The number of carbonyl (C=O) groups is 1. The molecule has 0 radical (unpaired) electrons. The first kappa shape index (κ1) is 19.3. The second kappa shape index (κ2) is 8.14. The Morgan fingerprint density at radius 2 is 2.21 bits per heavy atom. The summed E-state index contributed by atoms with van der Waals surface area (Å²) in [4.78, 5) is 29.9. The van der Waals surface area contributed by atoms with Crippen LogP contribution in [0.15, 0.2) is 42.5 Å². The minimum atomic E-state index is -0.499. The van der Waals surface area contributed by atoms with Gasteiger partial charge >= 0.3 is 0 Å². The van der Waals surface area contributed by atoms with Gasteiger partial charge in [-0.3, -0.25) is 19.8 Å². The lowest BCUT2D eigenvalue weighted by molar-refractivity contribution is -0.384. The van der Waals surface area contributed by atoms with E-state index in [9.17, 15) is 14.9 Å². The number of fused-ring (bicyclic) bond motifs is 1. The van der Waals surface area contributed by atoms with Crippen molar-refractivity contribution in [3.8, 4) is 5.75 Å². The molecule has 1 atom stereocenters. The quantitative estimate of drug-likeness (QED) is 0.486. The highest BCUT2D eigenvalue weighted by Gasteiger charge is 2.30. The van der Waals surface area contributed by atoms with Crippen LogP contribution < -0.4 is 10.1 Å². The van der Waals surface area contributed by atoms with Gasteiger partial charge in [-0.05, 0) is 37.6 Å². The molecule has 1 amide bonds. The summed E-state index contributed by atoms with van der Waals surface area (Å²) in [5.41, 5.74) is 1.31. The minimum Gasteiger partial charge on any atom is -0.494 e. The molecule has 1 saturated heterocycles. The molecule has 1 aromatic heterocycles. The molecule has 0 saturated carbocycles. The van der Waals surface area contributed by atoms with Gasteiger partial charge < -0.3 is 10.1 Å². The molecule has 2 aromatic carbocycles. The summed E-state index contributed by atoms with van der Waals surface area (Å²) < 4.78 is 6.34. The second-order valence-electron chi connectivity index (χ2n) is 6.84. The maximum Gasteiger partial charge on any atom is 0.273 e. The minimum absolute atomic E-state index is 0.0877. The Balaban J connectivity index is 1.47. The highest BCUT2D eigenvalue weighted by molar-refractivity contribution is 7.18. The Morgan fingerprint density at radius 1 is 1.38 bits per heavy atom. The number of thiazole rings is 1. The smallest absolute Gasteiger partial charge is 0.273 e. The van der Waals surface area contributed by atoms with E-state index in [0.29, 0.717) is 5.69 Å². The average Bonchev–Trinajstić information content (AvgIpc) is 3.34. The van der Waals surface area contributed by atoms with Gasteiger partial charge in [-0.15, -0.1) is 11.3 Å². The summed E-state index contributed by atoms with van der Waals surface area (Å²) >= 11 is 1.67. The van der Waals surface area contributed by atoms with E-state index in [4.69, 9.17) is 9.72 Å². The summed E-state index contributed by atoms with van der Waals surface area (Å²) in [6.45, 7) is 1.05. The number of nitro benzene ring substituents is 1. The fourth-order valence-electron chi connectivity index (χ4n) is 3.60. The Morgan fingerprint density at radius 3 is 2.97 bits per heavy atom. The van der Waals surface area contributed by atoms with Crippen LogP contribution in [0.3, 0.4) is 0 Å². The van der Waals surface area contributed by atoms with Gasteiger partial charge in [0.05, 0.1) is 46.6 Å². The van der Waals surface area contributed by atoms with Crippen LogP contribution in [-0.4, -0.2) is 40.9 Å². The van der Waals surface area contributed by atoms with E-state index < -0.39 is 4.92 Å². The number of methoxy groups -OCH3 is 1. The molecule has 0 bridgehead atoms. The number of nitrogens with zero attached hydrogens (tertiary/aromatic N) is 3. The number of carbonyl (C=O) groups excluding carboxylic acids is 1. The molecule has 1 fully saturated rings. The van der Waals surface area contributed by atoms with Gasteiger partial charge in [-0.25, -0.2) is 4.98 Å². The number of rotatable bonds is 6. The third kappa shape index (κ3) is 4.06. The van der Waals surface area contributed by atoms with E-state index >= 15 is 0 Å². The van der Waals surface area contributed by atoms with Crippen molar-refractivity contribution in [1.82, 2.24) is 9.88 Å². The summed E-state index contributed by atoms with van der Waals surface area (Å²) in [6, 6.07) is 12.3. The average molecular weight is 412 g/mol. The number of ether oxygens (including phenoxy) is 1. The predicted molar refractivity (Wildman–Crippen MR) is 111 cm³/mol. The lowest BCUT2D eigenvalue weighted by atomic mass is 10.2. The molecule has 1 N–H and O–H groups in total. The largest absolute Gasteiger partial charge is 0.494 e. The molecular weight excluding hydrogens is 392 g/mol. The third-order valence-corrected chi connectivity index (χ3v) is 6.11. The Kier molecular flexibility index (Phi) is 5.41. The van der Waals surface area contributed by atoms with Crippen LogP contribution in [0.1, 0.15) is 23.9 Å². The lowest BCUT2D eigenvalue weighted by Gasteiger charge is -2.22. The summed E-state index contributed by atoms with van der Waals surface area (Å²) in [7, 11) is 1.42. The van der Waals surface area contributed by atoms with Crippen LogP contribution >= 0.6 is 11.3 Å². The van der Waals surface area contributed by atoms with E-state index in [1.165, 1.54) is 25.3 Å². The van der Waals surface area contributed by atoms with E-state index in [0.717, 1.165) is 34.6 Å². The first-order valence-corrected chi connectivity index (χ1v) is 10.1. The van der Waals surface area contributed by atoms with Crippen molar-refractivity contribution in [2.45, 2.75) is 18.9 Å². The van der Waals surface area contributed by atoms with Crippen LogP contribution in [0.4, 0.5) is 11.4 Å². The number of amides is 1. The number of hydrogen-bond acceptors (Lipinski definition) is 7. The van der Waals surface area contributed by atoms with Crippen molar-refractivity contribution in [2.24, 2.45) is 0 Å². The zero-order valence-electron chi connectivity index (χ0n) is 15.8. The Labute approximate surface area is 171 Å². The molecule has 2 heterocycles. The molecule has 0 spiro atoms. The number of anilines is 1. The maximum absolute atomic E-state index is 12.6. The number of nitrogens with one attached hydrogen (secondary N) is 1. The highest BCUT2D eigenvalue weighted by Crippen LogP contribution is 2.36. The molecule has 9 heteroatoms. The zero-order valence-corrected chi connectivity index (χ0v) is 16.6. The molecule has 29 heavy (non-hydrogen) atoms. The molecular formula is C20H20N4O4S. The standard InChI is InChI=1S/C20H20N4O4S/c1-28-17-11-13(24(26)27)8-9-14(17)21-19(25)12-23-10-4-6-16(23)20-22-15-5-2-3-7-18(15)29-20/h2-3,5,7-9,11,16H,4,6,10,12H2,1H3,(H,21,25)/t16-/m0/s1. The number of non-ortho nitro benzene ring substituents is 1. The van der Waals surface area contributed by atoms with E-state index in [1.807, 2.05) is 18.2 Å². The van der Waals surface area contributed by atoms with Gasteiger partial charge in [0.1, 0.15) is 10.8 Å². The van der Waals surface area contributed by atoms with Crippen molar-refractivity contribution in [2.75, 3.05) is 25.5 Å². The maximum atomic E-state index is 12.6. The van der Waals surface area contributed by atoms with Gasteiger partial charge in [0.25, 0.3) is 5.69 Å². The molecule has 1 aliphatic rings. The molecule has 3 aromatic rings. The van der Waals surface area contributed by atoms with Crippen molar-refractivity contribution in [1.29, 1.82) is 0 Å². The van der Waals surface area contributed by atoms with Crippen molar-refractivity contribution < 1.29 is 14.5 Å². The van der Waals surface area contributed by atoms with Gasteiger partial charge in [0.2, 0.25) is 5.91 Å². The van der Waals surface area contributed by atoms with E-state index in [2.05, 4.69) is 16.3 Å². The summed E-state index contributed by atoms with van der Waals surface area (Å²) in [6.07, 6.45) is 1.97. The number of benzene rings is 2. The number of para-hydroxylation sites is 1. The summed E-state index contributed by atoms with van der Waals surface area (Å²) in [5, 5.41) is 14.8. The monoisotopic (exact) mass is 412 g/mol. The van der Waals surface area contributed by atoms with E-state index in [-0.39, 0.29) is 29.9 Å². The van der Waals surface area contributed by atoms with Gasteiger partial charge in [-0.1, -0.05) is 12.1 Å². The first-order chi connectivity index (χ1) is 14.0. The Hall–Kier alpha value is -3.04. The van der Waals surface area contributed by atoms with Crippen LogP contribution in [-0.2, 0) is 4.79 Å². The first-order valence-electron chi connectivity index (χ1n) is 9.27. The zero-order chi connectivity index (χ0) is 20.4. The fraction of sp³-hybridized carbons (Fsp3) is 0.300. The number of hydrogen-bond donors (Lipinski definition) is 1. The van der Waals surface area contributed by atoms with Crippen molar-refractivity contribution in [3.63, 3.8) is 0 Å². The van der Waals surface area contributed by atoms with Gasteiger partial charge in [-0.2, -0.15) is 0 Å². The molecule has 0 unspecified atom stereocenters. The number of likely N-dealkylation sites (tertiary alicyclic amines) is 1. The van der Waals surface area contributed by atoms with Crippen molar-refractivity contribution >= 4 is 38.8 Å². The van der Waals surface area contributed by atoms with Crippen LogP contribution in [0.2, 0.25) is 0 Å². The SMILES string of the molecule is COc1cc([N+](=O)[O-])ccc1NC(=O)CN1CCC[C@H]1c1nc2ccccc2s1. The molecule has 0 aliphatic carbocycles. The van der Waals surface area contributed by atoms with Crippen LogP contribution in [0.5, 0.6) is 5.75 Å². The molecule has 4 rings (SSSR count). The van der Waals surface area contributed by atoms with Crippen LogP contribution in [0.25, 0.3) is 10.2 Å².